The Labute approximate surface area is 120 Å². The molecule has 1 aromatic heterocycles. The van der Waals surface area contributed by atoms with Crippen molar-refractivity contribution < 1.29 is 8.42 Å². The Bertz CT molecular complexity index is 653. The van der Waals surface area contributed by atoms with Crippen molar-refractivity contribution in [3.63, 3.8) is 0 Å². The van der Waals surface area contributed by atoms with Gasteiger partial charge < -0.3 is 5.43 Å². The largest absolute Gasteiger partial charge is 0.324 e. The van der Waals surface area contributed by atoms with E-state index in [2.05, 4.69) is 10.1 Å². The van der Waals surface area contributed by atoms with Crippen LogP contribution in [0, 0.1) is 0 Å². The maximum atomic E-state index is 12.0. The van der Waals surface area contributed by atoms with E-state index in [0.717, 1.165) is 4.88 Å². The maximum absolute atomic E-state index is 12.0. The minimum Gasteiger partial charge on any atom is -0.324 e. The maximum Gasteiger partial charge on any atom is 0.240 e. The fraction of sp³-hybridized carbons (Fsp3) is 0.0909. The van der Waals surface area contributed by atoms with Gasteiger partial charge in [-0.2, -0.15) is 0 Å². The van der Waals surface area contributed by atoms with Crippen LogP contribution < -0.4 is 16.0 Å². The van der Waals surface area contributed by atoms with E-state index in [0.29, 0.717) is 10.0 Å². The molecule has 0 aliphatic rings. The Kier molecular flexibility index (Phi) is 4.43. The molecule has 5 nitrogen and oxygen atoms in total. The Morgan fingerprint density at radius 3 is 2.37 bits per heavy atom. The number of thiophene rings is 1. The number of benzene rings is 1. The number of nitrogens with two attached hydrogens (primary N) is 1. The van der Waals surface area contributed by atoms with Gasteiger partial charge in [0.25, 0.3) is 0 Å². The number of nitrogens with one attached hydrogen (secondary N) is 2. The van der Waals surface area contributed by atoms with Gasteiger partial charge >= 0.3 is 0 Å². The van der Waals surface area contributed by atoms with E-state index in [1.54, 1.807) is 24.3 Å². The van der Waals surface area contributed by atoms with Gasteiger partial charge in [-0.1, -0.05) is 11.6 Å². The SMILES string of the molecule is NNc1ccc(S(=O)(=O)NCc2ccc(Cl)s2)cc1. The standard InChI is InChI=1S/C11H12ClN3O2S2/c12-11-6-3-9(18-11)7-14-19(16,17)10-4-1-8(15-13)2-5-10/h1-6,14-15H,7,13H2. The third-order valence-corrected chi connectivity index (χ3v) is 5.04. The molecule has 4 N–H and O–H groups in total. The molecule has 0 unspecified atom stereocenters. The van der Waals surface area contributed by atoms with Gasteiger partial charge in [-0.15, -0.1) is 11.3 Å². The lowest BCUT2D eigenvalue weighted by molar-refractivity contribution is 0.582. The summed E-state index contributed by atoms with van der Waals surface area (Å²) in [4.78, 5) is 1.04. The first kappa shape index (κ1) is 14.3. The Morgan fingerprint density at radius 1 is 1.16 bits per heavy atom. The number of rotatable bonds is 5. The van der Waals surface area contributed by atoms with Gasteiger partial charge in [0, 0.05) is 17.1 Å². The molecule has 0 bridgehead atoms. The number of hydrogen-bond donors (Lipinski definition) is 3. The van der Waals surface area contributed by atoms with E-state index >= 15 is 0 Å². The molecule has 1 aromatic carbocycles. The van der Waals surface area contributed by atoms with Crippen LogP contribution in [-0.2, 0) is 16.6 Å². The van der Waals surface area contributed by atoms with E-state index < -0.39 is 10.0 Å². The fourth-order valence-corrected chi connectivity index (χ4v) is 3.55. The van der Waals surface area contributed by atoms with Crippen LogP contribution in [0.2, 0.25) is 4.34 Å². The highest BCUT2D eigenvalue weighted by Crippen LogP contribution is 2.21. The Hall–Kier alpha value is -1.12. The lowest BCUT2D eigenvalue weighted by Crippen LogP contribution is -2.22. The van der Waals surface area contributed by atoms with Crippen LogP contribution in [0.5, 0.6) is 0 Å². The summed E-state index contributed by atoms with van der Waals surface area (Å²) in [6.07, 6.45) is 0. The van der Waals surface area contributed by atoms with Gasteiger partial charge in [0.2, 0.25) is 10.0 Å². The molecule has 0 spiro atoms. The molecule has 0 fully saturated rings. The monoisotopic (exact) mass is 317 g/mol. The lowest BCUT2D eigenvalue weighted by atomic mass is 10.3. The minimum atomic E-state index is -3.53. The molecular formula is C11H12ClN3O2S2. The van der Waals surface area contributed by atoms with Crippen molar-refractivity contribution in [2.75, 3.05) is 5.43 Å². The fourth-order valence-electron chi connectivity index (χ4n) is 1.43. The average molecular weight is 318 g/mol. The minimum absolute atomic E-state index is 0.189. The van der Waals surface area contributed by atoms with Crippen LogP contribution >= 0.6 is 22.9 Å². The van der Waals surface area contributed by atoms with Gasteiger partial charge in [-0.05, 0) is 36.4 Å². The molecule has 0 amide bonds. The smallest absolute Gasteiger partial charge is 0.240 e. The van der Waals surface area contributed by atoms with E-state index in [4.69, 9.17) is 17.4 Å². The van der Waals surface area contributed by atoms with Gasteiger partial charge in [0.1, 0.15) is 0 Å². The van der Waals surface area contributed by atoms with Crippen LogP contribution in [-0.4, -0.2) is 8.42 Å². The van der Waals surface area contributed by atoms with Crippen molar-refractivity contribution in [2.45, 2.75) is 11.4 Å². The molecule has 0 saturated heterocycles. The second-order valence-electron chi connectivity index (χ2n) is 3.70. The van der Waals surface area contributed by atoms with Crippen LogP contribution in [0.3, 0.4) is 0 Å². The predicted octanol–water partition coefficient (Wildman–Crippen LogP) is 2.17. The molecule has 102 valence electrons. The van der Waals surface area contributed by atoms with Crippen molar-refractivity contribution >= 4 is 38.6 Å². The summed E-state index contributed by atoms with van der Waals surface area (Å²) in [6, 6.07) is 9.68. The highest BCUT2D eigenvalue weighted by molar-refractivity contribution is 7.89. The van der Waals surface area contributed by atoms with Crippen LogP contribution in [0.25, 0.3) is 0 Å². The van der Waals surface area contributed by atoms with Crippen molar-refractivity contribution in [2.24, 2.45) is 5.84 Å². The van der Waals surface area contributed by atoms with E-state index in [9.17, 15) is 8.42 Å². The molecule has 0 aliphatic heterocycles. The van der Waals surface area contributed by atoms with Gasteiger partial charge in [-0.25, -0.2) is 13.1 Å². The summed E-state index contributed by atoms with van der Waals surface area (Å²) in [5.74, 6) is 5.22. The van der Waals surface area contributed by atoms with Gasteiger partial charge in [0.15, 0.2) is 0 Å². The van der Waals surface area contributed by atoms with E-state index in [1.807, 2.05) is 0 Å². The van der Waals surface area contributed by atoms with Crippen LogP contribution in [0.4, 0.5) is 5.69 Å². The first-order valence-corrected chi connectivity index (χ1v) is 7.99. The van der Waals surface area contributed by atoms with Crippen molar-refractivity contribution in [1.82, 2.24) is 4.72 Å². The highest BCUT2D eigenvalue weighted by Gasteiger charge is 2.13. The van der Waals surface area contributed by atoms with Gasteiger partial charge in [0.05, 0.1) is 9.23 Å². The summed E-state index contributed by atoms with van der Waals surface area (Å²) in [5.41, 5.74) is 3.08. The number of nitrogen functional groups attached to an aromatic ring is 1. The molecule has 2 aromatic rings. The zero-order valence-electron chi connectivity index (χ0n) is 9.76. The molecule has 2 rings (SSSR count). The van der Waals surface area contributed by atoms with Crippen molar-refractivity contribution in [3.05, 3.63) is 45.6 Å². The van der Waals surface area contributed by atoms with Crippen molar-refractivity contribution in [1.29, 1.82) is 0 Å². The highest BCUT2D eigenvalue weighted by atomic mass is 35.5. The van der Waals surface area contributed by atoms with Crippen molar-refractivity contribution in [3.8, 4) is 0 Å². The first-order valence-electron chi connectivity index (χ1n) is 5.32. The third-order valence-electron chi connectivity index (χ3n) is 2.40. The number of hydrazine groups is 1. The van der Waals surface area contributed by atoms with E-state index in [-0.39, 0.29) is 11.4 Å². The number of halogens is 1. The molecule has 0 aliphatic carbocycles. The zero-order chi connectivity index (χ0) is 13.9. The zero-order valence-corrected chi connectivity index (χ0v) is 12.1. The van der Waals surface area contributed by atoms with Crippen LogP contribution in [0.15, 0.2) is 41.3 Å². The number of anilines is 1. The molecule has 0 radical (unpaired) electrons. The molecular weight excluding hydrogens is 306 g/mol. The first-order chi connectivity index (χ1) is 9.01. The summed E-state index contributed by atoms with van der Waals surface area (Å²) in [6.45, 7) is 0.219. The van der Waals surface area contributed by atoms with Crippen LogP contribution in [0.1, 0.15) is 4.88 Å². The molecule has 0 atom stereocenters. The second kappa shape index (κ2) is 5.89. The Balaban J connectivity index is 2.09. The molecule has 8 heteroatoms. The molecule has 19 heavy (non-hydrogen) atoms. The molecule has 0 saturated carbocycles. The summed E-state index contributed by atoms with van der Waals surface area (Å²) < 4.78 is 27.2. The van der Waals surface area contributed by atoms with E-state index in [1.165, 1.54) is 23.5 Å². The topological polar surface area (TPSA) is 84.2 Å². The number of sulfonamides is 1. The quantitative estimate of drug-likeness (QED) is 0.583. The predicted molar refractivity (Wildman–Crippen MR) is 77.6 cm³/mol. The lowest BCUT2D eigenvalue weighted by Gasteiger charge is -2.06. The van der Waals surface area contributed by atoms with Gasteiger partial charge in [-0.3, -0.25) is 5.84 Å². The summed E-state index contributed by atoms with van der Waals surface area (Å²) >= 11 is 7.12. The third kappa shape index (κ3) is 3.68. The number of hydrogen-bond acceptors (Lipinski definition) is 5. The normalized spacial score (nSPS) is 11.5. The second-order valence-corrected chi connectivity index (χ2v) is 7.27. The average Bonchev–Trinajstić information content (AvgIpc) is 2.82. The summed E-state index contributed by atoms with van der Waals surface area (Å²) in [5, 5.41) is 0. The Morgan fingerprint density at radius 2 is 1.84 bits per heavy atom. The molecule has 1 heterocycles. The summed E-state index contributed by atoms with van der Waals surface area (Å²) in [7, 11) is -3.53.